The summed E-state index contributed by atoms with van der Waals surface area (Å²) >= 11 is 11.8. The number of nitrogens with one attached hydrogen (secondary N) is 2. The molecule has 0 spiro atoms. The third-order valence-electron chi connectivity index (χ3n) is 3.74. The van der Waals surface area contributed by atoms with Crippen molar-refractivity contribution >= 4 is 46.3 Å². The molecule has 0 saturated carbocycles. The number of amides is 2. The maximum atomic E-state index is 12.4. The SMILES string of the molecule is COC(C)c1c(NC(=O)Nc2cnc(OC(F)F)c(Cl)c2)cnc2cc(Cl)nn12. The van der Waals surface area contributed by atoms with Gasteiger partial charge in [-0.1, -0.05) is 23.2 Å². The van der Waals surface area contributed by atoms with Crippen molar-refractivity contribution in [1.29, 1.82) is 0 Å². The fourth-order valence-electron chi connectivity index (χ4n) is 2.47. The van der Waals surface area contributed by atoms with Gasteiger partial charge in [0.1, 0.15) is 5.02 Å². The van der Waals surface area contributed by atoms with Gasteiger partial charge in [-0.2, -0.15) is 13.9 Å². The molecule has 154 valence electrons. The van der Waals surface area contributed by atoms with E-state index >= 15 is 0 Å². The molecule has 3 aromatic heterocycles. The van der Waals surface area contributed by atoms with Crippen LogP contribution < -0.4 is 15.4 Å². The van der Waals surface area contributed by atoms with Crippen LogP contribution in [0.4, 0.5) is 25.0 Å². The van der Waals surface area contributed by atoms with Crippen molar-refractivity contribution in [3.05, 3.63) is 40.4 Å². The number of ether oxygens (including phenoxy) is 2. The predicted octanol–water partition coefficient (Wildman–Crippen LogP) is 4.38. The van der Waals surface area contributed by atoms with Gasteiger partial charge in [0.25, 0.3) is 0 Å². The lowest BCUT2D eigenvalue weighted by Crippen LogP contribution is -2.22. The molecule has 3 aromatic rings. The Hall–Kier alpha value is -2.76. The molecular weight excluding hydrogens is 433 g/mol. The minimum absolute atomic E-state index is 0.159. The molecule has 9 nitrogen and oxygen atoms in total. The van der Waals surface area contributed by atoms with Gasteiger partial charge in [-0.25, -0.2) is 19.3 Å². The first-order valence-electron chi connectivity index (χ1n) is 8.03. The summed E-state index contributed by atoms with van der Waals surface area (Å²) in [6.45, 7) is -1.31. The molecule has 0 aliphatic heterocycles. The monoisotopic (exact) mass is 446 g/mol. The number of carbonyl (C=O) groups excluding carboxylic acids is 1. The van der Waals surface area contributed by atoms with Crippen molar-refractivity contribution in [1.82, 2.24) is 19.6 Å². The van der Waals surface area contributed by atoms with Gasteiger partial charge in [0.15, 0.2) is 10.8 Å². The second kappa shape index (κ2) is 8.72. The molecule has 2 amide bonds. The molecule has 1 atom stereocenters. The summed E-state index contributed by atoms with van der Waals surface area (Å²) in [5.74, 6) is -0.450. The molecule has 13 heteroatoms. The van der Waals surface area contributed by atoms with Crippen LogP contribution in [0.3, 0.4) is 0 Å². The maximum absolute atomic E-state index is 12.4. The maximum Gasteiger partial charge on any atom is 0.388 e. The Kier molecular flexibility index (Phi) is 6.30. The highest BCUT2D eigenvalue weighted by molar-refractivity contribution is 6.32. The number of pyridine rings is 1. The largest absolute Gasteiger partial charge is 0.415 e. The number of carbonyl (C=O) groups is 1. The quantitative estimate of drug-likeness (QED) is 0.582. The van der Waals surface area contributed by atoms with Crippen LogP contribution in [0.2, 0.25) is 10.2 Å². The van der Waals surface area contributed by atoms with E-state index in [2.05, 4.69) is 30.4 Å². The molecule has 0 aromatic carbocycles. The molecule has 0 fully saturated rings. The van der Waals surface area contributed by atoms with Gasteiger partial charge in [0.05, 0.1) is 35.6 Å². The van der Waals surface area contributed by atoms with Crippen LogP contribution in [0.15, 0.2) is 24.5 Å². The summed E-state index contributed by atoms with van der Waals surface area (Å²) in [4.78, 5) is 20.2. The predicted molar refractivity (Wildman–Crippen MR) is 102 cm³/mol. The Labute approximate surface area is 172 Å². The van der Waals surface area contributed by atoms with Crippen molar-refractivity contribution in [2.45, 2.75) is 19.6 Å². The zero-order chi connectivity index (χ0) is 21.1. The number of urea groups is 1. The van der Waals surface area contributed by atoms with Gasteiger partial charge in [-0.05, 0) is 13.0 Å². The number of aromatic nitrogens is 4. The zero-order valence-corrected chi connectivity index (χ0v) is 16.5. The minimum Gasteiger partial charge on any atom is -0.415 e. The number of nitrogens with zero attached hydrogens (tertiary/aromatic N) is 4. The lowest BCUT2D eigenvalue weighted by molar-refractivity contribution is -0.0527. The van der Waals surface area contributed by atoms with E-state index in [0.717, 1.165) is 6.20 Å². The van der Waals surface area contributed by atoms with Crippen molar-refractivity contribution in [2.75, 3.05) is 17.7 Å². The molecule has 0 saturated heterocycles. The van der Waals surface area contributed by atoms with Crippen LogP contribution in [-0.4, -0.2) is 39.3 Å². The fraction of sp³-hybridized carbons (Fsp3) is 0.250. The van der Waals surface area contributed by atoms with E-state index in [-0.39, 0.29) is 15.9 Å². The molecule has 3 heterocycles. The van der Waals surface area contributed by atoms with Crippen molar-refractivity contribution < 1.29 is 23.0 Å². The molecule has 2 N–H and O–H groups in total. The smallest absolute Gasteiger partial charge is 0.388 e. The highest BCUT2D eigenvalue weighted by atomic mass is 35.5. The van der Waals surface area contributed by atoms with Gasteiger partial charge in [0.2, 0.25) is 5.88 Å². The Morgan fingerprint density at radius 3 is 2.62 bits per heavy atom. The van der Waals surface area contributed by atoms with Gasteiger partial charge >= 0.3 is 12.6 Å². The van der Waals surface area contributed by atoms with Crippen LogP contribution in [0.25, 0.3) is 5.65 Å². The topological polar surface area (TPSA) is 103 Å². The number of anilines is 2. The first kappa shape index (κ1) is 21.0. The van der Waals surface area contributed by atoms with Gasteiger partial charge in [-0.3, -0.25) is 0 Å². The van der Waals surface area contributed by atoms with E-state index in [4.69, 9.17) is 27.9 Å². The van der Waals surface area contributed by atoms with Crippen molar-refractivity contribution in [3.8, 4) is 5.88 Å². The fourth-order valence-corrected chi connectivity index (χ4v) is 2.86. The van der Waals surface area contributed by atoms with Gasteiger partial charge < -0.3 is 20.1 Å². The molecule has 3 rings (SSSR count). The minimum atomic E-state index is -3.07. The summed E-state index contributed by atoms with van der Waals surface area (Å²) in [7, 11) is 1.50. The molecule has 0 aliphatic rings. The molecular formula is C16H14Cl2F2N6O3. The van der Waals surface area contributed by atoms with Crippen molar-refractivity contribution in [2.24, 2.45) is 0 Å². The van der Waals surface area contributed by atoms with Gasteiger partial charge in [-0.15, -0.1) is 0 Å². The standard InChI is InChI=1S/C16H14Cl2F2N6O3/c1-7(28-2)13-10(6-21-12-4-11(18)25-26(12)13)24-16(27)23-8-3-9(17)14(22-5-8)29-15(19)20/h3-7,15H,1-2H3,(H2,23,24,27). The second-order valence-corrected chi connectivity index (χ2v) is 6.44. The number of hydrogen-bond donors (Lipinski definition) is 2. The van der Waals surface area contributed by atoms with Crippen LogP contribution in [0.5, 0.6) is 5.88 Å². The summed E-state index contributed by atoms with van der Waals surface area (Å²) in [6.07, 6.45) is 2.10. The zero-order valence-electron chi connectivity index (χ0n) is 15.0. The van der Waals surface area contributed by atoms with E-state index in [0.29, 0.717) is 17.0 Å². The molecule has 0 bridgehead atoms. The summed E-state index contributed by atoms with van der Waals surface area (Å²) < 4.78 is 35.5. The summed E-state index contributed by atoms with van der Waals surface area (Å²) in [5, 5.41) is 9.30. The van der Waals surface area contributed by atoms with E-state index in [1.807, 2.05) is 0 Å². The number of fused-ring (bicyclic) bond motifs is 1. The van der Waals surface area contributed by atoms with E-state index in [1.165, 1.54) is 23.9 Å². The molecule has 0 radical (unpaired) electrons. The Morgan fingerprint density at radius 1 is 1.21 bits per heavy atom. The number of hydrogen-bond acceptors (Lipinski definition) is 6. The van der Waals surface area contributed by atoms with E-state index in [1.54, 1.807) is 13.0 Å². The van der Waals surface area contributed by atoms with Crippen molar-refractivity contribution in [3.63, 3.8) is 0 Å². The number of halogens is 4. The third-order valence-corrected chi connectivity index (χ3v) is 4.20. The normalized spacial score (nSPS) is 12.2. The van der Waals surface area contributed by atoms with Crippen LogP contribution in [-0.2, 0) is 4.74 Å². The average molecular weight is 447 g/mol. The lowest BCUT2D eigenvalue weighted by Gasteiger charge is -2.17. The van der Waals surface area contributed by atoms with E-state index in [9.17, 15) is 13.6 Å². The van der Waals surface area contributed by atoms with Gasteiger partial charge in [0, 0.05) is 13.2 Å². The molecule has 29 heavy (non-hydrogen) atoms. The van der Waals surface area contributed by atoms with Crippen LogP contribution in [0, 0.1) is 0 Å². The number of methoxy groups -OCH3 is 1. The summed E-state index contributed by atoms with van der Waals surface area (Å²) in [6, 6.07) is 2.13. The molecule has 0 aliphatic carbocycles. The Balaban J connectivity index is 1.82. The first-order valence-corrected chi connectivity index (χ1v) is 8.79. The Morgan fingerprint density at radius 2 is 1.97 bits per heavy atom. The third kappa shape index (κ3) is 4.81. The van der Waals surface area contributed by atoms with Crippen LogP contribution in [0.1, 0.15) is 18.7 Å². The lowest BCUT2D eigenvalue weighted by atomic mass is 10.2. The van der Waals surface area contributed by atoms with Crippen LogP contribution >= 0.6 is 23.2 Å². The average Bonchev–Trinajstić information content (AvgIpc) is 3.03. The molecule has 1 unspecified atom stereocenters. The second-order valence-electron chi connectivity index (χ2n) is 5.64. The first-order chi connectivity index (χ1) is 13.8. The van der Waals surface area contributed by atoms with E-state index < -0.39 is 24.6 Å². The highest BCUT2D eigenvalue weighted by Gasteiger charge is 2.19. The highest BCUT2D eigenvalue weighted by Crippen LogP contribution is 2.28. The number of alkyl halides is 2. The Bertz CT molecular complexity index is 1050. The summed E-state index contributed by atoms with van der Waals surface area (Å²) in [5.41, 5.74) is 1.47. The number of rotatable bonds is 6.